The van der Waals surface area contributed by atoms with Gasteiger partial charge in [-0.25, -0.2) is 8.42 Å². The van der Waals surface area contributed by atoms with E-state index in [-0.39, 0.29) is 22.8 Å². The zero-order chi connectivity index (χ0) is 16.3. The maximum absolute atomic E-state index is 12.3. The van der Waals surface area contributed by atoms with Crippen LogP contribution in [0.2, 0.25) is 0 Å². The van der Waals surface area contributed by atoms with Crippen molar-refractivity contribution in [2.75, 3.05) is 31.3 Å². The first kappa shape index (κ1) is 16.5. The molecule has 0 radical (unpaired) electrons. The quantitative estimate of drug-likeness (QED) is 0.898. The van der Waals surface area contributed by atoms with Gasteiger partial charge in [0.2, 0.25) is 5.91 Å². The number of hydrogen-bond acceptors (Lipinski definition) is 4. The lowest BCUT2D eigenvalue weighted by Crippen LogP contribution is -2.46. The van der Waals surface area contributed by atoms with E-state index >= 15 is 0 Å². The average molecular weight is 337 g/mol. The number of amides is 1. The molecule has 0 bridgehead atoms. The van der Waals surface area contributed by atoms with Crippen molar-refractivity contribution in [3.8, 4) is 0 Å². The molecule has 2 aliphatic rings. The molecule has 1 amide bonds. The van der Waals surface area contributed by atoms with Crippen LogP contribution in [-0.4, -0.2) is 45.6 Å². The molecule has 1 aromatic rings. The second kappa shape index (κ2) is 6.61. The lowest BCUT2D eigenvalue weighted by atomic mass is 9.74. The highest BCUT2D eigenvalue weighted by atomic mass is 32.2. The maximum atomic E-state index is 12.3. The summed E-state index contributed by atoms with van der Waals surface area (Å²) < 4.78 is 28.6. The molecule has 23 heavy (non-hydrogen) atoms. The van der Waals surface area contributed by atoms with Crippen LogP contribution >= 0.6 is 0 Å². The predicted octanol–water partition coefficient (Wildman–Crippen LogP) is 1.29. The molecular formula is C17H23NO4S. The fourth-order valence-electron chi connectivity index (χ4n) is 3.52. The molecule has 0 saturated carbocycles. The molecule has 0 aromatic heterocycles. The zero-order valence-electron chi connectivity index (χ0n) is 13.2. The Morgan fingerprint density at radius 2 is 1.91 bits per heavy atom. The van der Waals surface area contributed by atoms with Crippen LogP contribution in [0.1, 0.15) is 24.8 Å². The van der Waals surface area contributed by atoms with Crippen LogP contribution in [0.4, 0.5) is 0 Å². The summed E-state index contributed by atoms with van der Waals surface area (Å²) in [6.07, 6.45) is 2.16. The van der Waals surface area contributed by atoms with Crippen LogP contribution in [0.5, 0.6) is 0 Å². The minimum absolute atomic E-state index is 0.0136. The summed E-state index contributed by atoms with van der Waals surface area (Å²) >= 11 is 0. The third-order valence-corrected chi connectivity index (χ3v) is 6.81. The Kier molecular flexibility index (Phi) is 4.73. The van der Waals surface area contributed by atoms with Gasteiger partial charge in [-0.3, -0.25) is 4.79 Å². The van der Waals surface area contributed by atoms with Gasteiger partial charge in [-0.1, -0.05) is 30.3 Å². The number of hydrogen-bond donors (Lipinski definition) is 1. The Morgan fingerprint density at radius 3 is 2.52 bits per heavy atom. The van der Waals surface area contributed by atoms with Crippen molar-refractivity contribution < 1.29 is 17.9 Å². The number of carbonyl (C=O) groups is 1. The van der Waals surface area contributed by atoms with Crippen LogP contribution in [0.3, 0.4) is 0 Å². The molecule has 1 aromatic carbocycles. The summed E-state index contributed by atoms with van der Waals surface area (Å²) in [6.45, 7) is 1.90. The van der Waals surface area contributed by atoms with E-state index in [0.29, 0.717) is 26.2 Å². The monoisotopic (exact) mass is 337 g/mol. The Labute approximate surface area is 137 Å². The molecule has 0 aliphatic carbocycles. The first-order valence-electron chi connectivity index (χ1n) is 8.12. The first-order valence-corrected chi connectivity index (χ1v) is 9.94. The van der Waals surface area contributed by atoms with Crippen LogP contribution < -0.4 is 5.32 Å². The summed E-state index contributed by atoms with van der Waals surface area (Å²) in [6, 6.07) is 10.2. The Bertz CT molecular complexity index is 650. The highest BCUT2D eigenvalue weighted by Crippen LogP contribution is 2.34. The normalized spacial score (nSPS) is 25.8. The number of rotatable bonds is 4. The van der Waals surface area contributed by atoms with Crippen LogP contribution in [0.25, 0.3) is 0 Å². The summed E-state index contributed by atoms with van der Waals surface area (Å²) in [7, 11) is -3.03. The number of sulfone groups is 1. The number of carbonyl (C=O) groups excluding carboxylic acids is 1. The zero-order valence-corrected chi connectivity index (χ0v) is 14.0. The molecule has 1 unspecified atom stereocenters. The number of ether oxygens (including phenoxy) is 1. The van der Waals surface area contributed by atoms with Gasteiger partial charge in [0.1, 0.15) is 0 Å². The van der Waals surface area contributed by atoms with Crippen molar-refractivity contribution in [3.63, 3.8) is 0 Å². The smallest absolute Gasteiger partial charge is 0.224 e. The van der Waals surface area contributed by atoms with Crippen molar-refractivity contribution in [2.45, 2.75) is 24.7 Å². The molecule has 126 valence electrons. The number of nitrogens with one attached hydrogen (secondary N) is 1. The molecular weight excluding hydrogens is 314 g/mol. The molecule has 5 nitrogen and oxygen atoms in total. The lowest BCUT2D eigenvalue weighted by Gasteiger charge is -2.38. The third kappa shape index (κ3) is 3.75. The van der Waals surface area contributed by atoms with E-state index in [1.54, 1.807) is 0 Å². The Balaban J connectivity index is 1.69. The van der Waals surface area contributed by atoms with E-state index in [0.717, 1.165) is 12.8 Å². The summed E-state index contributed by atoms with van der Waals surface area (Å²) in [5.74, 6) is -0.413. The summed E-state index contributed by atoms with van der Waals surface area (Å²) in [4.78, 5) is 12.3. The largest absolute Gasteiger partial charge is 0.381 e. The van der Waals surface area contributed by atoms with E-state index in [4.69, 9.17) is 4.74 Å². The Hall–Kier alpha value is -1.40. The second-order valence-corrected chi connectivity index (χ2v) is 8.81. The van der Waals surface area contributed by atoms with Crippen molar-refractivity contribution in [1.29, 1.82) is 0 Å². The fraction of sp³-hybridized carbons (Fsp3) is 0.588. The minimum Gasteiger partial charge on any atom is -0.381 e. The molecule has 2 heterocycles. The van der Waals surface area contributed by atoms with E-state index in [1.807, 2.05) is 18.2 Å². The highest BCUT2D eigenvalue weighted by molar-refractivity contribution is 7.91. The van der Waals surface area contributed by atoms with E-state index in [2.05, 4.69) is 17.4 Å². The van der Waals surface area contributed by atoms with Gasteiger partial charge in [-0.05, 0) is 24.8 Å². The average Bonchev–Trinajstić information content (AvgIpc) is 2.94. The fourth-order valence-corrected chi connectivity index (χ4v) is 5.27. The van der Waals surface area contributed by atoms with E-state index < -0.39 is 15.8 Å². The lowest BCUT2D eigenvalue weighted by molar-refractivity contribution is -0.124. The SMILES string of the molecule is O=C(NCC1(c2ccccc2)CCOCC1)C1CCS(=O)(=O)C1. The van der Waals surface area contributed by atoms with Gasteiger partial charge in [0.05, 0.1) is 17.4 Å². The van der Waals surface area contributed by atoms with Gasteiger partial charge in [-0.15, -0.1) is 0 Å². The molecule has 3 rings (SSSR count). The molecule has 1 atom stereocenters. The van der Waals surface area contributed by atoms with Crippen LogP contribution in [0, 0.1) is 5.92 Å². The van der Waals surface area contributed by atoms with Gasteiger partial charge in [-0.2, -0.15) is 0 Å². The molecule has 6 heteroatoms. The topological polar surface area (TPSA) is 72.5 Å². The van der Waals surface area contributed by atoms with Crippen molar-refractivity contribution in [3.05, 3.63) is 35.9 Å². The minimum atomic E-state index is -3.03. The molecule has 0 spiro atoms. The van der Waals surface area contributed by atoms with Crippen molar-refractivity contribution in [1.82, 2.24) is 5.32 Å². The molecule has 1 N–H and O–H groups in total. The van der Waals surface area contributed by atoms with Crippen LogP contribution in [-0.2, 0) is 24.8 Å². The van der Waals surface area contributed by atoms with Gasteiger partial charge in [0.15, 0.2) is 9.84 Å². The van der Waals surface area contributed by atoms with E-state index in [9.17, 15) is 13.2 Å². The molecule has 2 aliphatic heterocycles. The van der Waals surface area contributed by atoms with Gasteiger partial charge < -0.3 is 10.1 Å². The molecule has 2 saturated heterocycles. The van der Waals surface area contributed by atoms with Gasteiger partial charge >= 0.3 is 0 Å². The van der Waals surface area contributed by atoms with Gasteiger partial charge in [0, 0.05) is 25.2 Å². The first-order chi connectivity index (χ1) is 11.0. The Morgan fingerprint density at radius 1 is 1.22 bits per heavy atom. The maximum Gasteiger partial charge on any atom is 0.224 e. The van der Waals surface area contributed by atoms with Crippen molar-refractivity contribution >= 4 is 15.7 Å². The summed E-state index contributed by atoms with van der Waals surface area (Å²) in [5.41, 5.74) is 1.09. The highest BCUT2D eigenvalue weighted by Gasteiger charge is 2.37. The predicted molar refractivity (Wildman–Crippen MR) is 87.9 cm³/mol. The standard InChI is InChI=1S/C17H23NO4S/c19-16(14-6-11-23(20,21)12-14)18-13-17(7-9-22-10-8-17)15-4-2-1-3-5-15/h1-5,14H,6-13H2,(H,18,19). The third-order valence-electron chi connectivity index (χ3n) is 5.04. The van der Waals surface area contributed by atoms with Crippen LogP contribution in [0.15, 0.2) is 30.3 Å². The molecule has 2 fully saturated rings. The summed E-state index contributed by atoms with van der Waals surface area (Å²) in [5, 5.41) is 3.01. The number of benzene rings is 1. The van der Waals surface area contributed by atoms with E-state index in [1.165, 1.54) is 5.56 Å². The second-order valence-electron chi connectivity index (χ2n) is 6.58. The van der Waals surface area contributed by atoms with Gasteiger partial charge in [0.25, 0.3) is 0 Å². The van der Waals surface area contributed by atoms with Crippen molar-refractivity contribution in [2.24, 2.45) is 5.92 Å².